The Balaban J connectivity index is 1.85. The second kappa shape index (κ2) is 8.02. The van der Waals surface area contributed by atoms with Crippen LogP contribution >= 0.6 is 15.9 Å². The van der Waals surface area contributed by atoms with Gasteiger partial charge in [0.2, 0.25) is 5.91 Å². The molecule has 5 heteroatoms. The number of nitrogens with one attached hydrogen (secondary N) is 2. The molecule has 2 aromatic rings. The summed E-state index contributed by atoms with van der Waals surface area (Å²) in [4.78, 5) is 12.0. The van der Waals surface area contributed by atoms with E-state index in [-0.39, 0.29) is 18.6 Å². The predicted octanol–water partition coefficient (Wildman–Crippen LogP) is 4.60. The number of rotatable bonds is 6. The lowest BCUT2D eigenvalue weighted by Crippen LogP contribution is -2.21. The number of aryl methyl sites for hydroxylation is 1. The Bertz CT molecular complexity index is 669. The lowest BCUT2D eigenvalue weighted by atomic mass is 10.2. The summed E-state index contributed by atoms with van der Waals surface area (Å²) in [6, 6.07) is 13.3. The van der Waals surface area contributed by atoms with Crippen molar-refractivity contribution in [3.63, 3.8) is 0 Å². The highest BCUT2D eigenvalue weighted by molar-refractivity contribution is 9.10. The molecule has 1 amide bonds. The fourth-order valence-corrected chi connectivity index (χ4v) is 2.36. The molecule has 0 heterocycles. The smallest absolute Gasteiger partial charge is 0.243 e. The molecule has 4 nitrogen and oxygen atoms in total. The van der Waals surface area contributed by atoms with E-state index in [1.54, 1.807) is 0 Å². The van der Waals surface area contributed by atoms with Crippen LogP contribution in [0.15, 0.2) is 46.9 Å². The van der Waals surface area contributed by atoms with Crippen LogP contribution in [0.5, 0.6) is 5.75 Å². The fraction of sp³-hybridized carbons (Fsp3) is 0.278. The quantitative estimate of drug-likeness (QED) is 0.774. The molecular weight excluding hydrogens is 356 g/mol. The molecule has 2 N–H and O–H groups in total. The van der Waals surface area contributed by atoms with Crippen molar-refractivity contribution >= 4 is 33.2 Å². The van der Waals surface area contributed by atoms with Crippen molar-refractivity contribution in [3.8, 4) is 5.75 Å². The van der Waals surface area contributed by atoms with Gasteiger partial charge in [0, 0.05) is 15.8 Å². The molecule has 0 radical (unpaired) electrons. The zero-order valence-electron chi connectivity index (χ0n) is 13.5. The Morgan fingerprint density at radius 3 is 2.39 bits per heavy atom. The highest BCUT2D eigenvalue weighted by Gasteiger charge is 2.04. The summed E-state index contributed by atoms with van der Waals surface area (Å²) in [6.07, 6.45) is 0.147. The van der Waals surface area contributed by atoms with Crippen LogP contribution in [0.2, 0.25) is 0 Å². The van der Waals surface area contributed by atoms with Crippen molar-refractivity contribution in [2.75, 3.05) is 17.2 Å². The van der Waals surface area contributed by atoms with Crippen LogP contribution in [-0.2, 0) is 4.79 Å². The molecule has 0 spiro atoms. The average Bonchev–Trinajstić information content (AvgIpc) is 2.50. The topological polar surface area (TPSA) is 50.4 Å². The molecule has 0 saturated carbocycles. The van der Waals surface area contributed by atoms with Crippen molar-refractivity contribution in [2.45, 2.75) is 26.9 Å². The number of halogens is 1. The first kappa shape index (κ1) is 17.3. The normalized spacial score (nSPS) is 10.5. The van der Waals surface area contributed by atoms with Gasteiger partial charge in [-0.05, 0) is 62.7 Å². The third-order valence-electron chi connectivity index (χ3n) is 3.13. The Morgan fingerprint density at radius 1 is 1.13 bits per heavy atom. The zero-order valence-corrected chi connectivity index (χ0v) is 15.1. The van der Waals surface area contributed by atoms with Crippen molar-refractivity contribution < 1.29 is 9.53 Å². The van der Waals surface area contributed by atoms with Crippen LogP contribution in [0.25, 0.3) is 0 Å². The highest BCUT2D eigenvalue weighted by atomic mass is 79.9. The van der Waals surface area contributed by atoms with E-state index < -0.39 is 0 Å². The molecule has 0 atom stereocenters. The van der Waals surface area contributed by atoms with Crippen molar-refractivity contribution in [3.05, 3.63) is 52.5 Å². The SMILES string of the molecule is Cc1ccc(NC(=O)CNc2ccc(OC(C)C)cc2)cc1Br. The summed E-state index contributed by atoms with van der Waals surface area (Å²) in [5.74, 6) is 0.725. The lowest BCUT2D eigenvalue weighted by Gasteiger charge is -2.11. The maximum atomic E-state index is 12.0. The predicted molar refractivity (Wildman–Crippen MR) is 98.2 cm³/mol. The highest BCUT2D eigenvalue weighted by Crippen LogP contribution is 2.20. The first-order valence-corrected chi connectivity index (χ1v) is 8.30. The van der Waals surface area contributed by atoms with Crippen LogP contribution in [0.3, 0.4) is 0 Å². The molecule has 0 unspecified atom stereocenters. The maximum Gasteiger partial charge on any atom is 0.243 e. The van der Waals surface area contributed by atoms with E-state index in [1.807, 2.05) is 63.2 Å². The maximum absolute atomic E-state index is 12.0. The Labute approximate surface area is 145 Å². The Kier molecular flexibility index (Phi) is 6.04. The molecular formula is C18H21BrN2O2. The van der Waals surface area contributed by atoms with E-state index >= 15 is 0 Å². The first-order valence-electron chi connectivity index (χ1n) is 7.50. The summed E-state index contributed by atoms with van der Waals surface area (Å²) in [5.41, 5.74) is 2.78. The minimum absolute atomic E-state index is 0.0942. The number of anilines is 2. The van der Waals surface area contributed by atoms with Gasteiger partial charge in [-0.15, -0.1) is 0 Å². The van der Waals surface area contributed by atoms with Gasteiger partial charge in [0.1, 0.15) is 5.75 Å². The largest absolute Gasteiger partial charge is 0.491 e. The standard InChI is InChI=1S/C18H21BrN2O2/c1-12(2)23-16-8-6-14(7-9-16)20-11-18(22)21-15-5-4-13(3)17(19)10-15/h4-10,12,20H,11H2,1-3H3,(H,21,22). The van der Waals surface area contributed by atoms with Gasteiger partial charge in [-0.3, -0.25) is 4.79 Å². The summed E-state index contributed by atoms with van der Waals surface area (Å²) in [6.45, 7) is 6.18. The molecule has 2 aromatic carbocycles. The van der Waals surface area contributed by atoms with Crippen LogP contribution < -0.4 is 15.4 Å². The molecule has 0 aliphatic heterocycles. The van der Waals surface area contributed by atoms with E-state index in [9.17, 15) is 4.79 Å². The van der Waals surface area contributed by atoms with Crippen LogP contribution in [-0.4, -0.2) is 18.6 Å². The minimum Gasteiger partial charge on any atom is -0.491 e. The first-order chi connectivity index (χ1) is 10.9. The average molecular weight is 377 g/mol. The van der Waals surface area contributed by atoms with E-state index in [0.29, 0.717) is 0 Å². The van der Waals surface area contributed by atoms with Gasteiger partial charge in [-0.1, -0.05) is 22.0 Å². The third kappa shape index (κ3) is 5.60. The fourth-order valence-electron chi connectivity index (χ4n) is 1.98. The molecule has 0 aliphatic rings. The van der Waals surface area contributed by atoms with E-state index in [2.05, 4.69) is 26.6 Å². The van der Waals surface area contributed by atoms with Crippen molar-refractivity contribution in [2.24, 2.45) is 0 Å². The van der Waals surface area contributed by atoms with Crippen molar-refractivity contribution in [1.82, 2.24) is 0 Å². The summed E-state index contributed by atoms with van der Waals surface area (Å²) in [5, 5.41) is 5.95. The molecule has 0 saturated heterocycles. The third-order valence-corrected chi connectivity index (χ3v) is 3.99. The van der Waals surface area contributed by atoms with Crippen LogP contribution in [0, 0.1) is 6.92 Å². The van der Waals surface area contributed by atoms with Gasteiger partial charge < -0.3 is 15.4 Å². The van der Waals surface area contributed by atoms with Crippen molar-refractivity contribution in [1.29, 1.82) is 0 Å². The van der Waals surface area contributed by atoms with E-state index in [4.69, 9.17) is 4.74 Å². The number of hydrogen-bond acceptors (Lipinski definition) is 3. The number of carbonyl (C=O) groups excluding carboxylic acids is 1. The number of amides is 1. The second-order valence-electron chi connectivity index (χ2n) is 5.56. The van der Waals surface area contributed by atoms with Gasteiger partial charge in [-0.25, -0.2) is 0 Å². The molecule has 122 valence electrons. The van der Waals surface area contributed by atoms with Gasteiger partial charge in [0.05, 0.1) is 12.6 Å². The van der Waals surface area contributed by atoms with E-state index in [0.717, 1.165) is 27.2 Å². The van der Waals surface area contributed by atoms with Crippen LogP contribution in [0.1, 0.15) is 19.4 Å². The number of carbonyl (C=O) groups is 1. The molecule has 0 fully saturated rings. The van der Waals surface area contributed by atoms with Gasteiger partial charge in [0.15, 0.2) is 0 Å². The number of benzene rings is 2. The van der Waals surface area contributed by atoms with E-state index in [1.165, 1.54) is 0 Å². The summed E-state index contributed by atoms with van der Waals surface area (Å²) < 4.78 is 6.56. The Morgan fingerprint density at radius 2 is 1.78 bits per heavy atom. The molecule has 0 bridgehead atoms. The van der Waals surface area contributed by atoms with Gasteiger partial charge in [0.25, 0.3) is 0 Å². The minimum atomic E-state index is -0.0942. The number of hydrogen-bond donors (Lipinski definition) is 2. The van der Waals surface area contributed by atoms with Gasteiger partial charge in [-0.2, -0.15) is 0 Å². The summed E-state index contributed by atoms with van der Waals surface area (Å²) in [7, 11) is 0. The Hall–Kier alpha value is -2.01. The molecule has 23 heavy (non-hydrogen) atoms. The van der Waals surface area contributed by atoms with Crippen LogP contribution in [0.4, 0.5) is 11.4 Å². The zero-order chi connectivity index (χ0) is 16.8. The summed E-state index contributed by atoms with van der Waals surface area (Å²) >= 11 is 3.46. The number of ether oxygens (including phenoxy) is 1. The lowest BCUT2D eigenvalue weighted by molar-refractivity contribution is -0.114. The van der Waals surface area contributed by atoms with Gasteiger partial charge >= 0.3 is 0 Å². The molecule has 0 aromatic heterocycles. The second-order valence-corrected chi connectivity index (χ2v) is 6.41. The monoisotopic (exact) mass is 376 g/mol. The molecule has 2 rings (SSSR count). The molecule has 0 aliphatic carbocycles.